The zero-order valence-electron chi connectivity index (χ0n) is 14.5. The van der Waals surface area contributed by atoms with Gasteiger partial charge in [0.15, 0.2) is 12.7 Å². The molecule has 26 heavy (non-hydrogen) atoms. The lowest BCUT2D eigenvalue weighted by Gasteiger charge is -2.14. The highest BCUT2D eigenvalue weighted by atomic mass is 19.1. The highest BCUT2D eigenvalue weighted by Gasteiger charge is 2.17. The van der Waals surface area contributed by atoms with Crippen molar-refractivity contribution in [1.29, 1.82) is 0 Å². The predicted octanol–water partition coefficient (Wildman–Crippen LogP) is 2.46. The normalized spacial score (nSPS) is 11.3. The number of hydrogen-bond donors (Lipinski definition) is 1. The molecule has 2 aromatic carbocycles. The summed E-state index contributed by atoms with van der Waals surface area (Å²) in [5, 5.41) is 2.58. The molecule has 2 rings (SSSR count). The molecule has 0 saturated carbocycles. The number of carbonyl (C=O) groups is 2. The molecular weight excluding hydrogens is 341 g/mol. The maximum absolute atomic E-state index is 12.8. The number of methoxy groups -OCH3 is 1. The smallest absolute Gasteiger partial charge is 0.347 e. The minimum atomic E-state index is -0.867. The molecule has 0 aromatic heterocycles. The molecule has 1 amide bonds. The minimum absolute atomic E-state index is 0.217. The van der Waals surface area contributed by atoms with Gasteiger partial charge in [0.1, 0.15) is 17.3 Å². The van der Waals surface area contributed by atoms with Crippen LogP contribution in [0.25, 0.3) is 0 Å². The maximum atomic E-state index is 12.8. The second-order valence-electron chi connectivity index (χ2n) is 5.45. The minimum Gasteiger partial charge on any atom is -0.497 e. The first-order chi connectivity index (χ1) is 12.5. The van der Waals surface area contributed by atoms with E-state index in [-0.39, 0.29) is 12.4 Å². The molecular formula is C19H20FNO5. The first kappa shape index (κ1) is 19.2. The molecule has 2 aromatic rings. The number of hydrogen-bond acceptors (Lipinski definition) is 5. The highest BCUT2D eigenvalue weighted by molar-refractivity contribution is 5.81. The maximum Gasteiger partial charge on any atom is 0.347 e. The number of halogens is 1. The molecule has 0 fully saturated rings. The highest BCUT2D eigenvalue weighted by Crippen LogP contribution is 2.18. The van der Waals surface area contributed by atoms with Crippen LogP contribution in [-0.4, -0.2) is 31.7 Å². The fourth-order valence-corrected chi connectivity index (χ4v) is 2.01. The van der Waals surface area contributed by atoms with Crippen LogP contribution in [0.4, 0.5) is 4.39 Å². The predicted molar refractivity (Wildman–Crippen MR) is 92.3 cm³/mol. The summed E-state index contributed by atoms with van der Waals surface area (Å²) in [7, 11) is 1.55. The van der Waals surface area contributed by atoms with Gasteiger partial charge in [0.05, 0.1) is 7.11 Å². The van der Waals surface area contributed by atoms with Gasteiger partial charge in [-0.1, -0.05) is 12.1 Å². The number of esters is 1. The molecule has 138 valence electrons. The zero-order valence-corrected chi connectivity index (χ0v) is 14.5. The Bertz CT molecular complexity index is 731. The Balaban J connectivity index is 1.72. The van der Waals surface area contributed by atoms with Gasteiger partial charge in [-0.25, -0.2) is 9.18 Å². The molecule has 0 aliphatic heterocycles. The van der Waals surface area contributed by atoms with E-state index in [0.29, 0.717) is 11.5 Å². The SMILES string of the molecule is COc1ccc(OC(C)C(=O)OCC(=O)NCc2ccc(F)cc2)cc1. The Labute approximate surface area is 150 Å². The first-order valence-corrected chi connectivity index (χ1v) is 7.96. The van der Waals surface area contributed by atoms with Crippen molar-refractivity contribution >= 4 is 11.9 Å². The Kier molecular flexibility index (Phi) is 6.96. The summed E-state index contributed by atoms with van der Waals surface area (Å²) in [4.78, 5) is 23.6. The average Bonchev–Trinajstić information content (AvgIpc) is 2.66. The number of amides is 1. The summed E-state index contributed by atoms with van der Waals surface area (Å²) in [6.07, 6.45) is -0.867. The first-order valence-electron chi connectivity index (χ1n) is 7.96. The van der Waals surface area contributed by atoms with Crippen LogP contribution in [0, 0.1) is 5.82 Å². The van der Waals surface area contributed by atoms with Crippen LogP contribution in [0.3, 0.4) is 0 Å². The summed E-state index contributed by atoms with van der Waals surface area (Å²) in [6.45, 7) is 1.33. The molecule has 1 unspecified atom stereocenters. The number of carbonyl (C=O) groups excluding carboxylic acids is 2. The van der Waals surface area contributed by atoms with Crippen LogP contribution in [-0.2, 0) is 20.9 Å². The number of nitrogens with one attached hydrogen (secondary N) is 1. The van der Waals surface area contributed by atoms with Crippen molar-refractivity contribution in [2.75, 3.05) is 13.7 Å². The Morgan fingerprint density at radius 2 is 1.65 bits per heavy atom. The van der Waals surface area contributed by atoms with E-state index in [0.717, 1.165) is 5.56 Å². The van der Waals surface area contributed by atoms with Crippen LogP contribution < -0.4 is 14.8 Å². The summed E-state index contributed by atoms with van der Waals surface area (Å²) in [6, 6.07) is 12.5. The average molecular weight is 361 g/mol. The van der Waals surface area contributed by atoms with Crippen molar-refractivity contribution in [2.24, 2.45) is 0 Å². The van der Waals surface area contributed by atoms with Crippen molar-refractivity contribution in [2.45, 2.75) is 19.6 Å². The van der Waals surface area contributed by atoms with E-state index in [1.54, 1.807) is 43.5 Å². The summed E-state index contributed by atoms with van der Waals surface area (Å²) in [5.41, 5.74) is 0.738. The van der Waals surface area contributed by atoms with Gasteiger partial charge in [-0.05, 0) is 48.9 Å². The third-order valence-electron chi connectivity index (χ3n) is 3.45. The van der Waals surface area contributed by atoms with Crippen molar-refractivity contribution in [3.8, 4) is 11.5 Å². The molecule has 0 bridgehead atoms. The number of rotatable bonds is 8. The summed E-state index contributed by atoms with van der Waals surface area (Å²) >= 11 is 0. The van der Waals surface area contributed by atoms with E-state index >= 15 is 0 Å². The Morgan fingerprint density at radius 3 is 2.27 bits per heavy atom. The monoisotopic (exact) mass is 361 g/mol. The Hall–Kier alpha value is -3.09. The lowest BCUT2D eigenvalue weighted by molar-refractivity contribution is -0.154. The standard InChI is InChI=1S/C19H20FNO5/c1-13(26-17-9-7-16(24-2)8-10-17)19(23)25-12-18(22)21-11-14-3-5-15(20)6-4-14/h3-10,13H,11-12H2,1-2H3,(H,21,22). The fourth-order valence-electron chi connectivity index (χ4n) is 2.01. The molecule has 0 radical (unpaired) electrons. The van der Waals surface area contributed by atoms with Crippen molar-refractivity contribution in [3.05, 3.63) is 59.9 Å². The van der Waals surface area contributed by atoms with Gasteiger partial charge in [-0.2, -0.15) is 0 Å². The largest absolute Gasteiger partial charge is 0.497 e. The molecule has 1 atom stereocenters. The second kappa shape index (κ2) is 9.41. The van der Waals surface area contributed by atoms with E-state index < -0.39 is 24.6 Å². The van der Waals surface area contributed by atoms with Gasteiger partial charge in [0.2, 0.25) is 0 Å². The van der Waals surface area contributed by atoms with E-state index in [2.05, 4.69) is 5.32 Å². The molecule has 6 nitrogen and oxygen atoms in total. The third kappa shape index (κ3) is 6.08. The second-order valence-corrected chi connectivity index (χ2v) is 5.45. The van der Waals surface area contributed by atoms with E-state index in [1.165, 1.54) is 19.1 Å². The van der Waals surface area contributed by atoms with Gasteiger partial charge in [-0.15, -0.1) is 0 Å². The van der Waals surface area contributed by atoms with Gasteiger partial charge >= 0.3 is 5.97 Å². The van der Waals surface area contributed by atoms with Crippen LogP contribution >= 0.6 is 0 Å². The lowest BCUT2D eigenvalue weighted by Crippen LogP contribution is -2.32. The Morgan fingerprint density at radius 1 is 1.04 bits per heavy atom. The quantitative estimate of drug-likeness (QED) is 0.731. The molecule has 0 aliphatic rings. The zero-order chi connectivity index (χ0) is 18.9. The fraction of sp³-hybridized carbons (Fsp3) is 0.263. The topological polar surface area (TPSA) is 73.9 Å². The molecule has 1 N–H and O–H groups in total. The van der Waals surface area contributed by atoms with E-state index in [9.17, 15) is 14.0 Å². The van der Waals surface area contributed by atoms with Crippen LogP contribution in [0.2, 0.25) is 0 Å². The molecule has 7 heteroatoms. The van der Waals surface area contributed by atoms with Crippen molar-refractivity contribution in [3.63, 3.8) is 0 Å². The lowest BCUT2D eigenvalue weighted by atomic mass is 10.2. The van der Waals surface area contributed by atoms with Crippen LogP contribution in [0.5, 0.6) is 11.5 Å². The van der Waals surface area contributed by atoms with E-state index in [4.69, 9.17) is 14.2 Å². The molecule has 0 saturated heterocycles. The third-order valence-corrected chi connectivity index (χ3v) is 3.45. The van der Waals surface area contributed by atoms with Gasteiger partial charge < -0.3 is 19.5 Å². The molecule has 0 spiro atoms. The number of benzene rings is 2. The van der Waals surface area contributed by atoms with Gasteiger partial charge in [0.25, 0.3) is 5.91 Å². The summed E-state index contributed by atoms with van der Waals surface area (Å²) < 4.78 is 28.2. The molecule has 0 heterocycles. The van der Waals surface area contributed by atoms with Crippen molar-refractivity contribution in [1.82, 2.24) is 5.32 Å². The molecule has 0 aliphatic carbocycles. The van der Waals surface area contributed by atoms with Gasteiger partial charge in [0, 0.05) is 6.54 Å². The number of ether oxygens (including phenoxy) is 3. The van der Waals surface area contributed by atoms with Gasteiger partial charge in [-0.3, -0.25) is 4.79 Å². The summed E-state index contributed by atoms with van der Waals surface area (Å²) in [5.74, 6) is -0.307. The van der Waals surface area contributed by atoms with Crippen molar-refractivity contribution < 1.29 is 28.2 Å². The van der Waals surface area contributed by atoms with E-state index in [1.807, 2.05) is 0 Å². The van der Waals surface area contributed by atoms with Crippen LogP contribution in [0.1, 0.15) is 12.5 Å². The van der Waals surface area contributed by atoms with Crippen LogP contribution in [0.15, 0.2) is 48.5 Å².